The Bertz CT molecular complexity index is 581. The Labute approximate surface area is 121 Å². The quantitative estimate of drug-likeness (QED) is 0.798. The van der Waals surface area contributed by atoms with E-state index < -0.39 is 0 Å². The predicted octanol–water partition coefficient (Wildman–Crippen LogP) is 3.00. The number of pyridine rings is 1. The Morgan fingerprint density at radius 3 is 2.74 bits per heavy atom. The molecule has 0 atom stereocenters. The number of aryl methyl sites for hydroxylation is 1. The number of aromatic nitrogens is 2. The summed E-state index contributed by atoms with van der Waals surface area (Å²) in [4.78, 5) is 11.1. The number of hydrogen-bond acceptors (Lipinski definition) is 5. The Kier molecular flexibility index (Phi) is 3.68. The standard InChI is InChI=1S/C13H14ClN3OS/c1-9-8-19-13(15-9)10-6-11(14)16-12(7-10)17-2-4-18-5-3-17/h6-8H,2-5H2,1H3. The van der Waals surface area contributed by atoms with Crippen LogP contribution >= 0.6 is 22.9 Å². The zero-order valence-corrected chi connectivity index (χ0v) is 12.2. The van der Waals surface area contributed by atoms with Crippen molar-refractivity contribution in [3.63, 3.8) is 0 Å². The van der Waals surface area contributed by atoms with Gasteiger partial charge in [-0.3, -0.25) is 0 Å². The van der Waals surface area contributed by atoms with E-state index in [1.165, 1.54) is 0 Å². The van der Waals surface area contributed by atoms with Crippen molar-refractivity contribution in [1.82, 2.24) is 9.97 Å². The molecule has 0 radical (unpaired) electrons. The maximum Gasteiger partial charge on any atom is 0.132 e. The van der Waals surface area contributed by atoms with Crippen LogP contribution in [0.4, 0.5) is 5.82 Å². The van der Waals surface area contributed by atoms with E-state index >= 15 is 0 Å². The Morgan fingerprint density at radius 2 is 2.05 bits per heavy atom. The molecule has 3 rings (SSSR count). The summed E-state index contributed by atoms with van der Waals surface area (Å²) in [6.45, 7) is 5.17. The third-order valence-electron chi connectivity index (χ3n) is 2.98. The van der Waals surface area contributed by atoms with E-state index in [0.29, 0.717) is 5.15 Å². The van der Waals surface area contributed by atoms with Crippen LogP contribution in [0.1, 0.15) is 5.69 Å². The van der Waals surface area contributed by atoms with Crippen LogP contribution in [0.15, 0.2) is 17.5 Å². The monoisotopic (exact) mass is 295 g/mol. The maximum absolute atomic E-state index is 6.13. The van der Waals surface area contributed by atoms with Crippen LogP contribution < -0.4 is 4.90 Å². The van der Waals surface area contributed by atoms with E-state index in [1.807, 2.05) is 18.4 Å². The highest BCUT2D eigenvalue weighted by molar-refractivity contribution is 7.13. The molecule has 1 saturated heterocycles. The zero-order valence-electron chi connectivity index (χ0n) is 10.6. The summed E-state index contributed by atoms with van der Waals surface area (Å²) < 4.78 is 5.36. The molecule has 0 aliphatic carbocycles. The normalized spacial score (nSPS) is 15.8. The second kappa shape index (κ2) is 5.45. The summed E-state index contributed by atoms with van der Waals surface area (Å²) >= 11 is 7.76. The minimum absolute atomic E-state index is 0.506. The average Bonchev–Trinajstić information content (AvgIpc) is 2.86. The first-order chi connectivity index (χ1) is 9.22. The van der Waals surface area contributed by atoms with Crippen molar-refractivity contribution < 1.29 is 4.74 Å². The van der Waals surface area contributed by atoms with Crippen molar-refractivity contribution in [3.05, 3.63) is 28.4 Å². The first kappa shape index (κ1) is 12.8. The SMILES string of the molecule is Cc1csc(-c2cc(Cl)nc(N3CCOCC3)c2)n1. The van der Waals surface area contributed by atoms with Crippen LogP contribution in [0, 0.1) is 6.92 Å². The molecule has 100 valence electrons. The molecule has 0 bridgehead atoms. The second-order valence-electron chi connectivity index (χ2n) is 4.43. The largest absolute Gasteiger partial charge is 0.378 e. The van der Waals surface area contributed by atoms with Gasteiger partial charge < -0.3 is 9.64 Å². The van der Waals surface area contributed by atoms with Crippen molar-refractivity contribution in [2.75, 3.05) is 31.2 Å². The summed E-state index contributed by atoms with van der Waals surface area (Å²) in [7, 11) is 0. The van der Waals surface area contributed by atoms with Gasteiger partial charge in [-0.1, -0.05) is 11.6 Å². The van der Waals surface area contributed by atoms with E-state index in [9.17, 15) is 0 Å². The van der Waals surface area contributed by atoms with Gasteiger partial charge in [0.15, 0.2) is 0 Å². The Morgan fingerprint density at radius 1 is 1.26 bits per heavy atom. The van der Waals surface area contributed by atoms with Gasteiger partial charge in [0.1, 0.15) is 16.0 Å². The summed E-state index contributed by atoms with van der Waals surface area (Å²) in [6, 6.07) is 3.92. The Balaban J connectivity index is 1.95. The lowest BCUT2D eigenvalue weighted by atomic mass is 10.2. The second-order valence-corrected chi connectivity index (χ2v) is 5.68. The van der Waals surface area contributed by atoms with Gasteiger partial charge in [0, 0.05) is 29.7 Å². The first-order valence-corrected chi connectivity index (χ1v) is 7.41. The molecule has 1 aliphatic rings. The van der Waals surface area contributed by atoms with Crippen LogP contribution in [0.25, 0.3) is 10.6 Å². The third-order valence-corrected chi connectivity index (χ3v) is 4.18. The zero-order chi connectivity index (χ0) is 13.2. The van der Waals surface area contributed by atoms with Crippen molar-refractivity contribution in [1.29, 1.82) is 0 Å². The highest BCUT2D eigenvalue weighted by atomic mass is 35.5. The summed E-state index contributed by atoms with van der Waals surface area (Å²) in [5.74, 6) is 0.902. The first-order valence-electron chi connectivity index (χ1n) is 6.15. The lowest BCUT2D eigenvalue weighted by Gasteiger charge is -2.28. The van der Waals surface area contributed by atoms with Gasteiger partial charge in [-0.25, -0.2) is 9.97 Å². The van der Waals surface area contributed by atoms with Crippen molar-refractivity contribution in [2.45, 2.75) is 6.92 Å². The van der Waals surface area contributed by atoms with E-state index in [2.05, 4.69) is 20.9 Å². The van der Waals surface area contributed by atoms with Gasteiger partial charge in [-0.05, 0) is 19.1 Å². The highest BCUT2D eigenvalue weighted by Gasteiger charge is 2.15. The molecule has 0 amide bonds. The van der Waals surface area contributed by atoms with Crippen LogP contribution in [-0.2, 0) is 4.74 Å². The molecule has 0 aromatic carbocycles. The van der Waals surface area contributed by atoms with E-state index in [0.717, 1.165) is 48.4 Å². The molecule has 2 aromatic heterocycles. The van der Waals surface area contributed by atoms with Crippen LogP contribution in [0.5, 0.6) is 0 Å². The third kappa shape index (κ3) is 2.88. The molecule has 0 N–H and O–H groups in total. The van der Waals surface area contributed by atoms with Gasteiger partial charge >= 0.3 is 0 Å². The fourth-order valence-corrected chi connectivity index (χ4v) is 3.04. The molecule has 2 aromatic rings. The van der Waals surface area contributed by atoms with Crippen LogP contribution in [0.2, 0.25) is 5.15 Å². The van der Waals surface area contributed by atoms with Gasteiger partial charge in [0.2, 0.25) is 0 Å². The fourth-order valence-electron chi connectivity index (χ4n) is 2.05. The van der Waals surface area contributed by atoms with Crippen LogP contribution in [-0.4, -0.2) is 36.3 Å². The van der Waals surface area contributed by atoms with E-state index in [4.69, 9.17) is 16.3 Å². The molecular weight excluding hydrogens is 282 g/mol. The molecule has 19 heavy (non-hydrogen) atoms. The fraction of sp³-hybridized carbons (Fsp3) is 0.385. The molecule has 4 nitrogen and oxygen atoms in total. The van der Waals surface area contributed by atoms with Crippen LogP contribution in [0.3, 0.4) is 0 Å². The number of ether oxygens (including phenoxy) is 1. The van der Waals surface area contributed by atoms with Gasteiger partial charge in [-0.15, -0.1) is 11.3 Å². The van der Waals surface area contributed by atoms with Gasteiger partial charge in [0.05, 0.1) is 13.2 Å². The lowest BCUT2D eigenvalue weighted by Crippen LogP contribution is -2.36. The molecule has 3 heterocycles. The van der Waals surface area contributed by atoms with E-state index in [-0.39, 0.29) is 0 Å². The average molecular weight is 296 g/mol. The number of halogens is 1. The molecular formula is C13H14ClN3OS. The summed E-state index contributed by atoms with van der Waals surface area (Å²) in [5, 5.41) is 3.53. The highest BCUT2D eigenvalue weighted by Crippen LogP contribution is 2.29. The molecule has 0 saturated carbocycles. The molecule has 1 aliphatic heterocycles. The number of anilines is 1. The van der Waals surface area contributed by atoms with Gasteiger partial charge in [0.25, 0.3) is 0 Å². The minimum Gasteiger partial charge on any atom is -0.378 e. The van der Waals surface area contributed by atoms with Crippen molar-refractivity contribution in [2.24, 2.45) is 0 Å². The summed E-state index contributed by atoms with van der Waals surface area (Å²) in [5.41, 5.74) is 2.06. The minimum atomic E-state index is 0.506. The van der Waals surface area contributed by atoms with E-state index in [1.54, 1.807) is 11.3 Å². The molecule has 1 fully saturated rings. The number of nitrogens with zero attached hydrogens (tertiary/aromatic N) is 3. The topological polar surface area (TPSA) is 38.2 Å². The number of morpholine rings is 1. The predicted molar refractivity (Wildman–Crippen MR) is 78.1 cm³/mol. The number of rotatable bonds is 2. The maximum atomic E-state index is 6.13. The van der Waals surface area contributed by atoms with Gasteiger partial charge in [-0.2, -0.15) is 0 Å². The van der Waals surface area contributed by atoms with Crippen molar-refractivity contribution in [3.8, 4) is 10.6 Å². The molecule has 0 spiro atoms. The number of hydrogen-bond donors (Lipinski definition) is 0. The van der Waals surface area contributed by atoms with Crippen molar-refractivity contribution >= 4 is 28.8 Å². The molecule has 6 heteroatoms. The lowest BCUT2D eigenvalue weighted by molar-refractivity contribution is 0.122. The molecule has 0 unspecified atom stereocenters. The smallest absolute Gasteiger partial charge is 0.132 e. The summed E-state index contributed by atoms with van der Waals surface area (Å²) in [6.07, 6.45) is 0. The Hall–Kier alpha value is -1.17. The number of thiazole rings is 1.